The van der Waals surface area contributed by atoms with E-state index in [-0.39, 0.29) is 6.03 Å². The van der Waals surface area contributed by atoms with Gasteiger partial charge in [0.2, 0.25) is 0 Å². The fraction of sp³-hybridized carbons (Fsp3) is 0.278. The van der Waals surface area contributed by atoms with Crippen LogP contribution in [0.3, 0.4) is 0 Å². The Morgan fingerprint density at radius 1 is 1.00 bits per heavy atom. The molecule has 2 amide bonds. The molecule has 0 aliphatic heterocycles. The highest BCUT2D eigenvalue weighted by molar-refractivity contribution is 5.73. The van der Waals surface area contributed by atoms with Gasteiger partial charge in [0, 0.05) is 13.1 Å². The molecule has 0 fully saturated rings. The molecule has 4 heteroatoms. The molecule has 0 atom stereocenters. The normalized spacial score (nSPS) is 10.0. The third-order valence-corrected chi connectivity index (χ3v) is 3.19. The van der Waals surface area contributed by atoms with E-state index in [1.165, 1.54) is 5.56 Å². The van der Waals surface area contributed by atoms with Gasteiger partial charge in [-0.2, -0.15) is 0 Å². The molecule has 2 rings (SSSR count). The molecular weight excluding hydrogens is 276 g/mol. The summed E-state index contributed by atoms with van der Waals surface area (Å²) in [7, 11) is 0. The zero-order valence-electron chi connectivity index (χ0n) is 12.8. The Balaban J connectivity index is 1.55. The second-order valence-electron chi connectivity index (χ2n) is 5.11. The molecule has 0 spiro atoms. The van der Waals surface area contributed by atoms with Crippen LogP contribution in [0.5, 0.6) is 5.75 Å². The molecule has 2 aromatic rings. The lowest BCUT2D eigenvalue weighted by atomic mass is 10.1. The summed E-state index contributed by atoms with van der Waals surface area (Å²) in [5.41, 5.74) is 2.31. The van der Waals surface area contributed by atoms with Crippen LogP contribution < -0.4 is 15.4 Å². The molecule has 22 heavy (non-hydrogen) atoms. The fourth-order valence-corrected chi connectivity index (χ4v) is 1.93. The molecule has 0 saturated heterocycles. The lowest BCUT2D eigenvalue weighted by Crippen LogP contribution is -2.35. The Labute approximate surface area is 131 Å². The first-order valence-electron chi connectivity index (χ1n) is 7.49. The number of hydrogen-bond donors (Lipinski definition) is 2. The van der Waals surface area contributed by atoms with Gasteiger partial charge in [0.15, 0.2) is 0 Å². The minimum absolute atomic E-state index is 0.153. The Kier molecular flexibility index (Phi) is 6.30. The quantitative estimate of drug-likeness (QED) is 0.771. The van der Waals surface area contributed by atoms with Crippen molar-refractivity contribution in [2.75, 3.05) is 13.2 Å². The number of urea groups is 1. The van der Waals surface area contributed by atoms with Gasteiger partial charge in [0.1, 0.15) is 5.75 Å². The van der Waals surface area contributed by atoms with Crippen LogP contribution in [0, 0.1) is 6.92 Å². The summed E-state index contributed by atoms with van der Waals surface area (Å²) in [5, 5.41) is 5.66. The SMILES string of the molecule is Cc1ccc(CNC(=O)NCCCOc2ccccc2)cc1. The summed E-state index contributed by atoms with van der Waals surface area (Å²) in [4.78, 5) is 11.7. The Hall–Kier alpha value is -2.49. The second kappa shape index (κ2) is 8.72. The van der Waals surface area contributed by atoms with Gasteiger partial charge < -0.3 is 15.4 Å². The summed E-state index contributed by atoms with van der Waals surface area (Å²) in [6, 6.07) is 17.6. The van der Waals surface area contributed by atoms with E-state index in [1.807, 2.05) is 61.5 Å². The van der Waals surface area contributed by atoms with Gasteiger partial charge in [0.05, 0.1) is 6.61 Å². The molecule has 2 N–H and O–H groups in total. The summed E-state index contributed by atoms with van der Waals surface area (Å²) >= 11 is 0. The van der Waals surface area contributed by atoms with Crippen molar-refractivity contribution in [3.63, 3.8) is 0 Å². The van der Waals surface area contributed by atoms with Crippen molar-refractivity contribution in [2.24, 2.45) is 0 Å². The molecule has 2 aromatic carbocycles. The highest BCUT2D eigenvalue weighted by Gasteiger charge is 2.00. The number of hydrogen-bond acceptors (Lipinski definition) is 2. The fourth-order valence-electron chi connectivity index (χ4n) is 1.93. The van der Waals surface area contributed by atoms with Crippen molar-refractivity contribution in [1.29, 1.82) is 0 Å². The molecule has 0 saturated carbocycles. The lowest BCUT2D eigenvalue weighted by molar-refractivity contribution is 0.238. The highest BCUT2D eigenvalue weighted by Crippen LogP contribution is 2.08. The molecule has 0 unspecified atom stereocenters. The lowest BCUT2D eigenvalue weighted by Gasteiger charge is -2.09. The number of benzene rings is 2. The highest BCUT2D eigenvalue weighted by atomic mass is 16.5. The van der Waals surface area contributed by atoms with Crippen molar-refractivity contribution in [3.05, 3.63) is 65.7 Å². The standard InChI is InChI=1S/C18H22N2O2/c1-15-8-10-16(11-9-15)14-20-18(21)19-12-5-13-22-17-6-3-2-4-7-17/h2-4,6-11H,5,12-14H2,1H3,(H2,19,20,21). The number of carbonyl (C=O) groups is 1. The maximum atomic E-state index is 11.7. The third kappa shape index (κ3) is 5.87. The van der Waals surface area contributed by atoms with Gasteiger partial charge >= 0.3 is 6.03 Å². The summed E-state index contributed by atoms with van der Waals surface area (Å²) in [6.07, 6.45) is 0.771. The minimum atomic E-state index is -0.153. The first kappa shape index (κ1) is 15.9. The number of rotatable bonds is 7. The number of carbonyl (C=O) groups excluding carboxylic acids is 1. The zero-order valence-corrected chi connectivity index (χ0v) is 12.8. The van der Waals surface area contributed by atoms with Crippen LogP contribution in [0.1, 0.15) is 17.5 Å². The molecule has 4 nitrogen and oxygen atoms in total. The molecule has 0 radical (unpaired) electrons. The summed E-state index contributed by atoms with van der Waals surface area (Å²) in [6.45, 7) is 3.75. The molecule has 0 bridgehead atoms. The molecular formula is C18H22N2O2. The summed E-state index contributed by atoms with van der Waals surface area (Å²) in [5.74, 6) is 0.853. The molecule has 0 aliphatic rings. The van der Waals surface area contributed by atoms with Gasteiger partial charge in [-0.1, -0.05) is 48.0 Å². The molecule has 0 aliphatic carbocycles. The monoisotopic (exact) mass is 298 g/mol. The topological polar surface area (TPSA) is 50.4 Å². The van der Waals surface area contributed by atoms with E-state index in [0.717, 1.165) is 17.7 Å². The first-order valence-corrected chi connectivity index (χ1v) is 7.49. The zero-order chi connectivity index (χ0) is 15.6. The summed E-state index contributed by atoms with van der Waals surface area (Å²) < 4.78 is 5.56. The van der Waals surface area contributed by atoms with E-state index < -0.39 is 0 Å². The largest absolute Gasteiger partial charge is 0.494 e. The van der Waals surface area contributed by atoms with Crippen LogP contribution in [-0.4, -0.2) is 19.2 Å². The van der Waals surface area contributed by atoms with Crippen molar-refractivity contribution in [3.8, 4) is 5.75 Å². The number of nitrogens with one attached hydrogen (secondary N) is 2. The maximum Gasteiger partial charge on any atom is 0.315 e. The van der Waals surface area contributed by atoms with E-state index in [1.54, 1.807) is 0 Å². The van der Waals surface area contributed by atoms with Crippen LogP contribution >= 0.6 is 0 Å². The van der Waals surface area contributed by atoms with Crippen molar-refractivity contribution >= 4 is 6.03 Å². The van der Waals surface area contributed by atoms with Gasteiger partial charge in [-0.05, 0) is 31.0 Å². The smallest absolute Gasteiger partial charge is 0.315 e. The van der Waals surface area contributed by atoms with E-state index in [2.05, 4.69) is 10.6 Å². The number of aryl methyl sites for hydroxylation is 1. The number of ether oxygens (including phenoxy) is 1. The molecule has 0 aromatic heterocycles. The van der Waals surface area contributed by atoms with Gasteiger partial charge in [-0.15, -0.1) is 0 Å². The Morgan fingerprint density at radius 2 is 1.73 bits per heavy atom. The van der Waals surface area contributed by atoms with E-state index in [0.29, 0.717) is 19.7 Å². The van der Waals surface area contributed by atoms with Gasteiger partial charge in [0.25, 0.3) is 0 Å². The van der Waals surface area contributed by atoms with Gasteiger partial charge in [-0.25, -0.2) is 4.79 Å². The van der Waals surface area contributed by atoms with Crippen LogP contribution in [-0.2, 0) is 6.54 Å². The molecule has 0 heterocycles. The van der Waals surface area contributed by atoms with Crippen LogP contribution in [0.2, 0.25) is 0 Å². The third-order valence-electron chi connectivity index (χ3n) is 3.19. The van der Waals surface area contributed by atoms with Gasteiger partial charge in [-0.3, -0.25) is 0 Å². The number of para-hydroxylation sites is 1. The van der Waals surface area contributed by atoms with Crippen LogP contribution in [0.4, 0.5) is 4.79 Å². The van der Waals surface area contributed by atoms with Crippen molar-refractivity contribution in [2.45, 2.75) is 19.9 Å². The Bertz CT molecular complexity index is 567. The number of amides is 2. The van der Waals surface area contributed by atoms with Crippen molar-refractivity contribution < 1.29 is 9.53 Å². The van der Waals surface area contributed by atoms with E-state index in [4.69, 9.17) is 4.74 Å². The van der Waals surface area contributed by atoms with Crippen molar-refractivity contribution in [1.82, 2.24) is 10.6 Å². The first-order chi connectivity index (χ1) is 10.7. The average Bonchev–Trinajstić information content (AvgIpc) is 2.55. The maximum absolute atomic E-state index is 11.7. The molecule has 116 valence electrons. The van der Waals surface area contributed by atoms with E-state index in [9.17, 15) is 4.79 Å². The Morgan fingerprint density at radius 3 is 2.45 bits per heavy atom. The van der Waals surface area contributed by atoms with E-state index >= 15 is 0 Å². The van der Waals surface area contributed by atoms with Crippen LogP contribution in [0.15, 0.2) is 54.6 Å². The predicted molar refractivity (Wildman–Crippen MR) is 88.0 cm³/mol. The predicted octanol–water partition coefficient (Wildman–Crippen LogP) is 3.26. The average molecular weight is 298 g/mol. The second-order valence-corrected chi connectivity index (χ2v) is 5.11. The van der Waals surface area contributed by atoms with Crippen LogP contribution in [0.25, 0.3) is 0 Å². The minimum Gasteiger partial charge on any atom is -0.494 e.